The Bertz CT molecular complexity index is 1530. The summed E-state index contributed by atoms with van der Waals surface area (Å²) in [5, 5.41) is 20.7. The Morgan fingerprint density at radius 3 is 2.51 bits per heavy atom. The average Bonchev–Trinajstić information content (AvgIpc) is 3.55. The zero-order chi connectivity index (χ0) is 29.1. The van der Waals surface area contributed by atoms with E-state index < -0.39 is 6.23 Å². The van der Waals surface area contributed by atoms with Crippen molar-refractivity contribution < 1.29 is 28.9 Å². The van der Waals surface area contributed by atoms with Gasteiger partial charge in [-0.15, -0.1) is 0 Å². The molecular formula is C29H31N5O6S. The number of imide groups is 1. The Labute approximate surface area is 241 Å². The zero-order valence-electron chi connectivity index (χ0n) is 23.2. The molecule has 41 heavy (non-hydrogen) atoms. The molecule has 1 unspecified atom stereocenters. The second kappa shape index (κ2) is 12.1. The highest BCUT2D eigenvalue weighted by molar-refractivity contribution is 8.18. The third-order valence-electron chi connectivity index (χ3n) is 6.86. The monoisotopic (exact) mass is 577 g/mol. The van der Waals surface area contributed by atoms with Crippen LogP contribution in [-0.2, 0) is 11.2 Å². The van der Waals surface area contributed by atoms with Crippen LogP contribution in [0.1, 0.15) is 49.0 Å². The minimum Gasteiger partial charge on any atom is -0.493 e. The van der Waals surface area contributed by atoms with Crippen molar-refractivity contribution in [1.29, 1.82) is 0 Å². The minimum absolute atomic E-state index is 0.247. The quantitative estimate of drug-likeness (QED) is 0.296. The van der Waals surface area contributed by atoms with Gasteiger partial charge >= 0.3 is 0 Å². The van der Waals surface area contributed by atoms with Crippen molar-refractivity contribution in [2.75, 3.05) is 27.4 Å². The summed E-state index contributed by atoms with van der Waals surface area (Å²) in [5.41, 5.74) is 4.27. The molecule has 3 N–H and O–H groups in total. The Hall–Kier alpha value is -4.29. The standard InChI is InChI=1S/C29H31N5O6S/c1-5-6-20-23-24(33-32-20)28(36)34(26(30-23)18-9-12-21(38-3)22(15-18)39-4)13-14-40-19-10-7-17(8-11-19)16(2)25-27(35)31-29(37)41-25/h7-12,15,28,36H,5-6,13-14H2,1-4H3,(H,32,33)(H,31,35,37)/b25-16+. The zero-order valence-corrected chi connectivity index (χ0v) is 24.0. The summed E-state index contributed by atoms with van der Waals surface area (Å²) in [4.78, 5) is 30.6. The molecule has 0 bridgehead atoms. The minimum atomic E-state index is -1.04. The Balaban J connectivity index is 1.36. The summed E-state index contributed by atoms with van der Waals surface area (Å²) >= 11 is 0.899. The van der Waals surface area contributed by atoms with Gasteiger partial charge in [0.15, 0.2) is 17.7 Å². The Morgan fingerprint density at radius 2 is 1.85 bits per heavy atom. The number of aliphatic hydroxyl groups excluding tert-OH is 1. The lowest BCUT2D eigenvalue weighted by Gasteiger charge is -2.33. The van der Waals surface area contributed by atoms with Crippen LogP contribution in [0.3, 0.4) is 0 Å². The number of carbonyl (C=O) groups is 2. The molecule has 0 saturated carbocycles. The maximum absolute atomic E-state index is 12.0. The fourth-order valence-corrected chi connectivity index (χ4v) is 5.48. The Morgan fingerprint density at radius 1 is 1.10 bits per heavy atom. The van der Waals surface area contributed by atoms with Crippen LogP contribution in [0.25, 0.3) is 5.57 Å². The summed E-state index contributed by atoms with van der Waals surface area (Å²) < 4.78 is 16.9. The fraction of sp³-hybridized carbons (Fsp3) is 0.310. The molecule has 0 radical (unpaired) electrons. The molecular weight excluding hydrogens is 546 g/mol. The molecule has 3 aromatic rings. The van der Waals surface area contributed by atoms with E-state index >= 15 is 0 Å². The van der Waals surface area contributed by atoms with Gasteiger partial charge in [0, 0.05) is 5.56 Å². The molecule has 1 atom stereocenters. The molecule has 214 valence electrons. The number of nitrogens with zero attached hydrogens (tertiary/aromatic N) is 3. The number of aliphatic hydroxyl groups is 1. The van der Waals surface area contributed by atoms with Crippen LogP contribution in [0.2, 0.25) is 0 Å². The molecule has 1 aromatic heterocycles. The number of methoxy groups -OCH3 is 2. The molecule has 0 aliphatic carbocycles. The smallest absolute Gasteiger partial charge is 0.290 e. The lowest BCUT2D eigenvalue weighted by atomic mass is 10.1. The molecule has 1 fully saturated rings. The van der Waals surface area contributed by atoms with Gasteiger partial charge in [-0.2, -0.15) is 5.10 Å². The number of amides is 2. The van der Waals surface area contributed by atoms with Gasteiger partial charge < -0.3 is 24.2 Å². The van der Waals surface area contributed by atoms with Gasteiger partial charge in [-0.1, -0.05) is 25.5 Å². The summed E-state index contributed by atoms with van der Waals surface area (Å²) in [7, 11) is 3.15. The maximum atomic E-state index is 12.0. The number of carbonyl (C=O) groups excluding carboxylic acids is 2. The van der Waals surface area contributed by atoms with E-state index in [0.29, 0.717) is 45.9 Å². The molecule has 12 heteroatoms. The second-order valence-corrected chi connectivity index (χ2v) is 10.4. The predicted molar refractivity (Wildman–Crippen MR) is 156 cm³/mol. The lowest BCUT2D eigenvalue weighted by Crippen LogP contribution is -2.40. The summed E-state index contributed by atoms with van der Waals surface area (Å²) in [6, 6.07) is 12.8. The number of fused-ring (bicyclic) bond motifs is 1. The van der Waals surface area contributed by atoms with Crippen LogP contribution < -0.4 is 19.5 Å². The van der Waals surface area contributed by atoms with Gasteiger partial charge in [0.2, 0.25) is 0 Å². The van der Waals surface area contributed by atoms with Crippen LogP contribution in [0.4, 0.5) is 10.5 Å². The number of aromatic amines is 1. The number of aliphatic imine (C=N–C) groups is 1. The molecule has 1 saturated heterocycles. The van der Waals surface area contributed by atoms with E-state index in [2.05, 4.69) is 22.4 Å². The molecule has 2 aliphatic rings. The first kappa shape index (κ1) is 28.2. The number of H-pyrrole nitrogens is 1. The van der Waals surface area contributed by atoms with E-state index in [1.54, 1.807) is 44.2 Å². The predicted octanol–water partition coefficient (Wildman–Crippen LogP) is 4.56. The molecule has 5 rings (SSSR count). The van der Waals surface area contributed by atoms with Crippen LogP contribution in [0.15, 0.2) is 52.4 Å². The van der Waals surface area contributed by atoms with Crippen molar-refractivity contribution in [2.45, 2.75) is 32.9 Å². The molecule has 0 spiro atoms. The first-order valence-corrected chi connectivity index (χ1v) is 14.0. The van der Waals surface area contributed by atoms with E-state index in [1.807, 2.05) is 24.3 Å². The molecule has 2 amide bonds. The molecule has 2 aromatic carbocycles. The van der Waals surface area contributed by atoms with Crippen LogP contribution in [0, 0.1) is 0 Å². The SMILES string of the molecule is CCCc1[nH]nc2c1N=C(c1ccc(OC)c(OC)c1)N(CCOc1ccc(/C(C)=C3/SC(=O)NC3=O)cc1)C2O. The van der Waals surface area contributed by atoms with Crippen molar-refractivity contribution >= 4 is 40.0 Å². The highest BCUT2D eigenvalue weighted by Crippen LogP contribution is 2.38. The lowest BCUT2D eigenvalue weighted by molar-refractivity contribution is -0.115. The number of nitrogens with one attached hydrogen (secondary N) is 2. The largest absolute Gasteiger partial charge is 0.493 e. The van der Waals surface area contributed by atoms with E-state index in [9.17, 15) is 14.7 Å². The number of allylic oxidation sites excluding steroid dienone is 1. The number of benzene rings is 2. The average molecular weight is 578 g/mol. The van der Waals surface area contributed by atoms with E-state index in [-0.39, 0.29) is 17.8 Å². The third-order valence-corrected chi connectivity index (χ3v) is 7.84. The van der Waals surface area contributed by atoms with Gasteiger partial charge in [-0.25, -0.2) is 4.99 Å². The van der Waals surface area contributed by atoms with Crippen LogP contribution >= 0.6 is 11.8 Å². The van der Waals surface area contributed by atoms with Crippen LogP contribution in [0.5, 0.6) is 17.2 Å². The third kappa shape index (κ3) is 5.66. The molecule has 11 nitrogen and oxygen atoms in total. The highest BCUT2D eigenvalue weighted by atomic mass is 32.2. The number of hydrogen-bond donors (Lipinski definition) is 3. The number of amidine groups is 1. The summed E-state index contributed by atoms with van der Waals surface area (Å²) in [6.45, 7) is 4.44. The first-order valence-electron chi connectivity index (χ1n) is 13.1. The van der Waals surface area contributed by atoms with Crippen molar-refractivity contribution in [3.8, 4) is 17.2 Å². The van der Waals surface area contributed by atoms with Gasteiger partial charge in [0.1, 0.15) is 29.6 Å². The molecule has 2 aliphatic heterocycles. The second-order valence-electron chi connectivity index (χ2n) is 9.43. The topological polar surface area (TPSA) is 138 Å². The normalized spacial score (nSPS) is 17.6. The van der Waals surface area contributed by atoms with E-state index in [0.717, 1.165) is 47.0 Å². The highest BCUT2D eigenvalue weighted by Gasteiger charge is 2.33. The number of thioether (sulfide) groups is 1. The van der Waals surface area contributed by atoms with Crippen molar-refractivity contribution in [3.05, 3.63) is 69.9 Å². The summed E-state index contributed by atoms with van der Waals surface area (Å²) in [5.74, 6) is 1.94. The Kier molecular flexibility index (Phi) is 8.31. The number of aromatic nitrogens is 2. The van der Waals surface area contributed by atoms with Gasteiger partial charge in [0.25, 0.3) is 11.1 Å². The number of hydrogen-bond acceptors (Lipinski definition) is 10. The first-order chi connectivity index (χ1) is 19.8. The maximum Gasteiger partial charge on any atom is 0.290 e. The number of rotatable bonds is 10. The van der Waals surface area contributed by atoms with Gasteiger partial charge in [-0.05, 0) is 66.6 Å². The summed E-state index contributed by atoms with van der Waals surface area (Å²) in [6.07, 6.45) is 0.626. The van der Waals surface area contributed by atoms with E-state index in [4.69, 9.17) is 19.2 Å². The molecule has 3 heterocycles. The van der Waals surface area contributed by atoms with Gasteiger partial charge in [0.05, 0.1) is 31.4 Å². The van der Waals surface area contributed by atoms with E-state index in [1.165, 1.54) is 0 Å². The van der Waals surface area contributed by atoms with Crippen LogP contribution in [-0.4, -0.2) is 64.6 Å². The fourth-order valence-electron chi connectivity index (χ4n) is 4.74. The number of ether oxygens (including phenoxy) is 3. The van der Waals surface area contributed by atoms with Crippen molar-refractivity contribution in [3.63, 3.8) is 0 Å². The van der Waals surface area contributed by atoms with Crippen molar-refractivity contribution in [2.24, 2.45) is 4.99 Å². The number of aryl methyl sites for hydroxylation is 1. The van der Waals surface area contributed by atoms with Gasteiger partial charge in [-0.3, -0.25) is 20.0 Å². The van der Waals surface area contributed by atoms with Crippen molar-refractivity contribution in [1.82, 2.24) is 20.4 Å².